The highest BCUT2D eigenvalue weighted by Crippen LogP contribution is 2.17. The molecule has 1 amide bonds. The second kappa shape index (κ2) is 6.74. The van der Waals surface area contributed by atoms with E-state index in [0.717, 1.165) is 42.5 Å². The van der Waals surface area contributed by atoms with Gasteiger partial charge in [0.25, 0.3) is 0 Å². The molecule has 1 aliphatic rings. The first-order valence-corrected chi connectivity index (χ1v) is 7.52. The van der Waals surface area contributed by atoms with E-state index in [4.69, 9.17) is 4.84 Å². The number of nitrogens with zero attached hydrogens (tertiary/aromatic N) is 1. The van der Waals surface area contributed by atoms with E-state index in [2.05, 4.69) is 10.3 Å². The number of hydrogen-bond acceptors (Lipinski definition) is 3. The van der Waals surface area contributed by atoms with Gasteiger partial charge in [-0.05, 0) is 30.5 Å². The first kappa shape index (κ1) is 14.1. The van der Waals surface area contributed by atoms with Gasteiger partial charge in [0.2, 0.25) is 5.91 Å². The largest absolute Gasteiger partial charge is 0.361 e. The number of carbonyl (C=O) groups excluding carboxylic acids is 1. The van der Waals surface area contributed by atoms with Crippen molar-refractivity contribution in [3.05, 3.63) is 36.0 Å². The fourth-order valence-corrected chi connectivity index (χ4v) is 2.64. The maximum Gasteiger partial charge on any atom is 0.221 e. The Morgan fingerprint density at radius 1 is 1.33 bits per heavy atom. The zero-order valence-corrected chi connectivity index (χ0v) is 12.1. The Morgan fingerprint density at radius 2 is 2.29 bits per heavy atom. The van der Waals surface area contributed by atoms with Gasteiger partial charge >= 0.3 is 0 Å². The van der Waals surface area contributed by atoms with Crippen LogP contribution in [0, 0.1) is 0 Å². The van der Waals surface area contributed by atoms with Crippen molar-refractivity contribution in [2.24, 2.45) is 0 Å². The second-order valence-electron chi connectivity index (χ2n) is 5.35. The number of amides is 1. The minimum Gasteiger partial charge on any atom is -0.361 e. The third-order valence-corrected chi connectivity index (χ3v) is 3.83. The summed E-state index contributed by atoms with van der Waals surface area (Å²) in [5, 5.41) is 6.05. The molecule has 5 heteroatoms. The molecule has 112 valence electrons. The molecule has 1 aromatic carbocycles. The molecular weight excluding hydrogens is 266 g/mol. The third-order valence-electron chi connectivity index (χ3n) is 3.83. The predicted molar refractivity (Wildman–Crippen MR) is 81.5 cm³/mol. The van der Waals surface area contributed by atoms with E-state index >= 15 is 0 Å². The molecule has 1 aliphatic heterocycles. The zero-order chi connectivity index (χ0) is 14.5. The molecule has 21 heavy (non-hydrogen) atoms. The summed E-state index contributed by atoms with van der Waals surface area (Å²) >= 11 is 0. The molecule has 0 atom stereocenters. The van der Waals surface area contributed by atoms with Crippen molar-refractivity contribution in [1.29, 1.82) is 0 Å². The van der Waals surface area contributed by atoms with Gasteiger partial charge in [-0.2, -0.15) is 5.06 Å². The van der Waals surface area contributed by atoms with Gasteiger partial charge in [0.1, 0.15) is 0 Å². The number of hydrogen-bond donors (Lipinski definition) is 2. The number of aromatic amines is 1. The molecule has 0 aliphatic carbocycles. The van der Waals surface area contributed by atoms with Gasteiger partial charge in [-0.25, -0.2) is 0 Å². The van der Waals surface area contributed by atoms with Crippen LogP contribution >= 0.6 is 0 Å². The quantitative estimate of drug-likeness (QED) is 0.886. The third kappa shape index (κ3) is 3.62. The topological polar surface area (TPSA) is 57.4 Å². The van der Waals surface area contributed by atoms with E-state index in [9.17, 15) is 4.79 Å². The van der Waals surface area contributed by atoms with E-state index in [1.807, 2.05) is 35.5 Å². The lowest BCUT2D eigenvalue weighted by atomic mass is 10.1. The van der Waals surface area contributed by atoms with E-state index < -0.39 is 0 Å². The van der Waals surface area contributed by atoms with Crippen LogP contribution in [-0.4, -0.2) is 35.7 Å². The van der Waals surface area contributed by atoms with Crippen LogP contribution in [0.15, 0.2) is 30.5 Å². The summed E-state index contributed by atoms with van der Waals surface area (Å²) in [6, 6.07) is 8.12. The maximum absolute atomic E-state index is 11.9. The lowest BCUT2D eigenvalue weighted by molar-refractivity contribution is -0.181. The van der Waals surface area contributed by atoms with Crippen LogP contribution in [0.4, 0.5) is 0 Å². The minimum atomic E-state index is 0.0664. The second-order valence-corrected chi connectivity index (χ2v) is 5.35. The first-order chi connectivity index (χ1) is 10.3. The summed E-state index contributed by atoms with van der Waals surface area (Å²) in [6.07, 6.45) is 4.66. The summed E-state index contributed by atoms with van der Waals surface area (Å²) in [6.45, 7) is 2.93. The SMILES string of the molecule is O=C(CCN1CCCCO1)NCc1cccc2[nH]ccc12. The minimum absolute atomic E-state index is 0.0664. The number of H-pyrrole nitrogens is 1. The Kier molecular flexibility index (Phi) is 4.52. The molecule has 0 unspecified atom stereocenters. The van der Waals surface area contributed by atoms with Crippen molar-refractivity contribution < 1.29 is 9.63 Å². The van der Waals surface area contributed by atoms with Crippen LogP contribution in [0.5, 0.6) is 0 Å². The van der Waals surface area contributed by atoms with Gasteiger partial charge in [-0.3, -0.25) is 9.63 Å². The summed E-state index contributed by atoms with van der Waals surface area (Å²) < 4.78 is 0. The monoisotopic (exact) mass is 287 g/mol. The van der Waals surface area contributed by atoms with E-state index in [1.54, 1.807) is 0 Å². The van der Waals surface area contributed by atoms with Crippen molar-refractivity contribution in [2.75, 3.05) is 19.7 Å². The van der Waals surface area contributed by atoms with Crippen molar-refractivity contribution >= 4 is 16.8 Å². The summed E-state index contributed by atoms with van der Waals surface area (Å²) in [7, 11) is 0. The molecule has 5 nitrogen and oxygen atoms in total. The first-order valence-electron chi connectivity index (χ1n) is 7.52. The average Bonchev–Trinajstić information content (AvgIpc) is 3.01. The normalized spacial score (nSPS) is 16.2. The van der Waals surface area contributed by atoms with Crippen LogP contribution in [0.1, 0.15) is 24.8 Å². The zero-order valence-electron chi connectivity index (χ0n) is 12.1. The Bertz CT molecular complexity index is 602. The molecule has 1 fully saturated rings. The summed E-state index contributed by atoms with van der Waals surface area (Å²) in [5.74, 6) is 0.0664. The Balaban J connectivity index is 1.48. The number of carbonyl (C=O) groups is 1. The molecular formula is C16H21N3O2. The van der Waals surface area contributed by atoms with Gasteiger partial charge in [0.05, 0.1) is 6.61 Å². The molecule has 0 bridgehead atoms. The van der Waals surface area contributed by atoms with Gasteiger partial charge in [-0.15, -0.1) is 0 Å². The molecule has 0 radical (unpaired) electrons. The van der Waals surface area contributed by atoms with Gasteiger partial charge < -0.3 is 10.3 Å². The molecule has 0 spiro atoms. The van der Waals surface area contributed by atoms with Crippen LogP contribution in [0.25, 0.3) is 10.9 Å². The van der Waals surface area contributed by atoms with Gasteiger partial charge in [0, 0.05) is 43.2 Å². The van der Waals surface area contributed by atoms with Crippen molar-refractivity contribution in [3.63, 3.8) is 0 Å². The summed E-state index contributed by atoms with van der Waals surface area (Å²) in [5.41, 5.74) is 2.24. The Morgan fingerprint density at radius 3 is 3.14 bits per heavy atom. The number of rotatable bonds is 5. The smallest absolute Gasteiger partial charge is 0.221 e. The fourth-order valence-electron chi connectivity index (χ4n) is 2.64. The van der Waals surface area contributed by atoms with Crippen molar-refractivity contribution in [2.45, 2.75) is 25.8 Å². The van der Waals surface area contributed by atoms with Gasteiger partial charge in [-0.1, -0.05) is 12.1 Å². The Labute approximate surface area is 124 Å². The van der Waals surface area contributed by atoms with Crippen LogP contribution in [0.3, 0.4) is 0 Å². The molecule has 2 heterocycles. The molecule has 2 N–H and O–H groups in total. The highest BCUT2D eigenvalue weighted by molar-refractivity contribution is 5.83. The number of nitrogens with one attached hydrogen (secondary N) is 2. The number of hydroxylamine groups is 2. The highest BCUT2D eigenvalue weighted by Gasteiger charge is 2.12. The van der Waals surface area contributed by atoms with Crippen LogP contribution in [-0.2, 0) is 16.2 Å². The van der Waals surface area contributed by atoms with Crippen LogP contribution in [0.2, 0.25) is 0 Å². The van der Waals surface area contributed by atoms with Crippen molar-refractivity contribution in [1.82, 2.24) is 15.4 Å². The van der Waals surface area contributed by atoms with Crippen LogP contribution < -0.4 is 5.32 Å². The average molecular weight is 287 g/mol. The van der Waals surface area contributed by atoms with E-state index in [-0.39, 0.29) is 5.91 Å². The predicted octanol–water partition coefficient (Wildman–Crippen LogP) is 2.20. The molecule has 1 aromatic heterocycles. The Hall–Kier alpha value is -1.85. The lowest BCUT2D eigenvalue weighted by Crippen LogP contribution is -2.34. The molecule has 1 saturated heterocycles. The van der Waals surface area contributed by atoms with Gasteiger partial charge in [0.15, 0.2) is 0 Å². The molecule has 2 aromatic rings. The highest BCUT2D eigenvalue weighted by atomic mass is 16.7. The standard InChI is InChI=1S/C16H21N3O2/c20-16(7-10-19-9-1-2-11-21-19)18-12-13-4-3-5-15-14(13)6-8-17-15/h3-6,8,17H,1-2,7,9-12H2,(H,18,20). The fraction of sp³-hybridized carbons (Fsp3) is 0.438. The van der Waals surface area contributed by atoms with E-state index in [1.165, 1.54) is 0 Å². The number of benzene rings is 1. The number of fused-ring (bicyclic) bond motifs is 1. The number of aromatic nitrogens is 1. The molecule has 0 saturated carbocycles. The lowest BCUT2D eigenvalue weighted by Gasteiger charge is -2.25. The molecule has 3 rings (SSSR count). The summed E-state index contributed by atoms with van der Waals surface area (Å²) in [4.78, 5) is 20.6. The maximum atomic E-state index is 11.9. The van der Waals surface area contributed by atoms with Crippen molar-refractivity contribution in [3.8, 4) is 0 Å². The van der Waals surface area contributed by atoms with E-state index in [0.29, 0.717) is 19.5 Å².